The summed E-state index contributed by atoms with van der Waals surface area (Å²) < 4.78 is 10.6. The van der Waals surface area contributed by atoms with E-state index in [-0.39, 0.29) is 11.7 Å². The largest absolute Gasteiger partial charge is 0.461 e. The molecule has 5 nitrogen and oxygen atoms in total. The van der Waals surface area contributed by atoms with Crippen molar-refractivity contribution in [2.45, 2.75) is 6.92 Å². The van der Waals surface area contributed by atoms with Crippen molar-refractivity contribution in [3.63, 3.8) is 0 Å². The van der Waals surface area contributed by atoms with Crippen LogP contribution in [0.15, 0.2) is 45.6 Å². The molecular formula is C13H10N2O3S. The molecule has 6 heteroatoms. The van der Waals surface area contributed by atoms with E-state index in [9.17, 15) is 4.79 Å². The summed E-state index contributed by atoms with van der Waals surface area (Å²) >= 11 is 1.41. The molecule has 0 atom stereocenters. The molecule has 0 bridgehead atoms. The summed E-state index contributed by atoms with van der Waals surface area (Å²) in [5, 5.41) is 3.24. The number of carbonyl (C=O) groups is 1. The highest BCUT2D eigenvalue weighted by molar-refractivity contribution is 7.15. The van der Waals surface area contributed by atoms with Gasteiger partial charge in [-0.25, -0.2) is 4.98 Å². The van der Waals surface area contributed by atoms with E-state index in [0.29, 0.717) is 16.7 Å². The number of nitrogens with zero attached hydrogens (tertiary/aromatic N) is 1. The Hall–Kier alpha value is -2.34. The molecule has 0 saturated carbocycles. The SMILES string of the molecule is Cc1cnc(NC(=O)c2ccc(-c3ccco3)o2)s1. The second kappa shape index (κ2) is 4.74. The van der Waals surface area contributed by atoms with E-state index in [1.165, 1.54) is 11.3 Å². The van der Waals surface area contributed by atoms with Gasteiger partial charge in [0.25, 0.3) is 5.91 Å². The van der Waals surface area contributed by atoms with E-state index < -0.39 is 0 Å². The second-order valence-electron chi connectivity index (χ2n) is 3.87. The van der Waals surface area contributed by atoms with Crippen molar-refractivity contribution < 1.29 is 13.6 Å². The molecule has 1 amide bonds. The maximum Gasteiger partial charge on any atom is 0.293 e. The van der Waals surface area contributed by atoms with Crippen LogP contribution in [0.4, 0.5) is 5.13 Å². The topological polar surface area (TPSA) is 68.3 Å². The molecule has 0 unspecified atom stereocenters. The minimum atomic E-state index is -0.327. The van der Waals surface area contributed by atoms with E-state index in [1.54, 1.807) is 36.7 Å². The standard InChI is InChI=1S/C13H10N2O3S/c1-8-7-14-13(19-8)15-12(16)11-5-4-10(18-11)9-3-2-6-17-9/h2-7H,1H3,(H,14,15,16). The third-order valence-electron chi connectivity index (χ3n) is 2.44. The lowest BCUT2D eigenvalue weighted by Crippen LogP contribution is -2.10. The fourth-order valence-electron chi connectivity index (χ4n) is 1.58. The third kappa shape index (κ3) is 2.43. The van der Waals surface area contributed by atoms with Crippen molar-refractivity contribution in [3.05, 3.63) is 47.4 Å². The first-order chi connectivity index (χ1) is 9.22. The van der Waals surface area contributed by atoms with Crippen LogP contribution in [0.3, 0.4) is 0 Å². The number of aromatic nitrogens is 1. The number of nitrogens with one attached hydrogen (secondary N) is 1. The zero-order valence-electron chi connectivity index (χ0n) is 10.0. The van der Waals surface area contributed by atoms with Gasteiger partial charge in [-0.2, -0.15) is 0 Å². The first-order valence-electron chi connectivity index (χ1n) is 5.60. The van der Waals surface area contributed by atoms with Crippen LogP contribution in [0.2, 0.25) is 0 Å². The number of rotatable bonds is 3. The predicted octanol–water partition coefficient (Wildman–Crippen LogP) is 3.56. The first-order valence-corrected chi connectivity index (χ1v) is 6.41. The Labute approximate surface area is 112 Å². The molecule has 0 spiro atoms. The average Bonchev–Trinajstić information content (AvgIpc) is 3.08. The quantitative estimate of drug-likeness (QED) is 0.793. The van der Waals surface area contributed by atoms with Gasteiger partial charge in [0.1, 0.15) is 0 Å². The summed E-state index contributed by atoms with van der Waals surface area (Å²) in [6.45, 7) is 1.93. The molecule has 96 valence electrons. The Morgan fingerprint density at radius 1 is 1.32 bits per heavy atom. The van der Waals surface area contributed by atoms with E-state index in [0.717, 1.165) is 4.88 Å². The number of hydrogen-bond acceptors (Lipinski definition) is 5. The van der Waals surface area contributed by atoms with Crippen molar-refractivity contribution in [2.24, 2.45) is 0 Å². The van der Waals surface area contributed by atoms with Gasteiger partial charge in [0.05, 0.1) is 6.26 Å². The molecule has 0 aliphatic carbocycles. The highest BCUT2D eigenvalue weighted by Crippen LogP contribution is 2.23. The number of amides is 1. The molecule has 3 heterocycles. The van der Waals surface area contributed by atoms with Crippen LogP contribution in [0, 0.1) is 6.92 Å². The molecule has 0 fully saturated rings. The molecule has 0 aliphatic heterocycles. The van der Waals surface area contributed by atoms with Crippen LogP contribution in [0.25, 0.3) is 11.5 Å². The van der Waals surface area contributed by atoms with Gasteiger partial charge in [0.2, 0.25) is 0 Å². The Balaban J connectivity index is 1.77. The lowest BCUT2D eigenvalue weighted by molar-refractivity contribution is 0.0997. The normalized spacial score (nSPS) is 10.6. The van der Waals surface area contributed by atoms with Gasteiger partial charge in [0.15, 0.2) is 22.4 Å². The van der Waals surface area contributed by atoms with E-state index >= 15 is 0 Å². The monoisotopic (exact) mass is 274 g/mol. The fraction of sp³-hybridized carbons (Fsp3) is 0.0769. The summed E-state index contributed by atoms with van der Waals surface area (Å²) in [6.07, 6.45) is 3.26. The molecule has 0 saturated heterocycles. The molecule has 0 aliphatic rings. The minimum Gasteiger partial charge on any atom is -0.461 e. The van der Waals surface area contributed by atoms with Crippen molar-refractivity contribution in [1.82, 2.24) is 4.98 Å². The van der Waals surface area contributed by atoms with Crippen molar-refractivity contribution in [3.8, 4) is 11.5 Å². The van der Waals surface area contributed by atoms with E-state index in [2.05, 4.69) is 10.3 Å². The number of aryl methyl sites for hydroxylation is 1. The zero-order chi connectivity index (χ0) is 13.2. The van der Waals surface area contributed by atoms with Crippen LogP contribution in [-0.4, -0.2) is 10.9 Å². The van der Waals surface area contributed by atoms with Gasteiger partial charge in [-0.1, -0.05) is 0 Å². The molecule has 0 aromatic carbocycles. The highest BCUT2D eigenvalue weighted by atomic mass is 32.1. The van der Waals surface area contributed by atoms with Crippen molar-refractivity contribution in [1.29, 1.82) is 0 Å². The average molecular weight is 274 g/mol. The molecular weight excluding hydrogens is 264 g/mol. The van der Waals surface area contributed by atoms with E-state index in [4.69, 9.17) is 8.83 Å². The molecule has 3 aromatic heterocycles. The smallest absolute Gasteiger partial charge is 0.293 e. The molecule has 1 N–H and O–H groups in total. The maximum atomic E-state index is 11.9. The molecule has 0 radical (unpaired) electrons. The summed E-state index contributed by atoms with van der Waals surface area (Å²) in [5.74, 6) is 1.00. The maximum absolute atomic E-state index is 11.9. The molecule has 3 aromatic rings. The zero-order valence-corrected chi connectivity index (χ0v) is 10.9. The summed E-state index contributed by atoms with van der Waals surface area (Å²) in [5.41, 5.74) is 0. The van der Waals surface area contributed by atoms with Crippen LogP contribution < -0.4 is 5.32 Å². The molecule has 19 heavy (non-hydrogen) atoms. The number of furan rings is 2. The van der Waals surface area contributed by atoms with Gasteiger partial charge in [-0.05, 0) is 31.2 Å². The Morgan fingerprint density at radius 2 is 2.21 bits per heavy atom. The predicted molar refractivity (Wildman–Crippen MR) is 71.2 cm³/mol. The van der Waals surface area contributed by atoms with Crippen LogP contribution in [0.5, 0.6) is 0 Å². The van der Waals surface area contributed by atoms with Gasteiger partial charge in [0, 0.05) is 11.1 Å². The fourth-order valence-corrected chi connectivity index (χ4v) is 2.24. The van der Waals surface area contributed by atoms with Gasteiger partial charge < -0.3 is 8.83 Å². The van der Waals surface area contributed by atoms with Crippen LogP contribution in [-0.2, 0) is 0 Å². The van der Waals surface area contributed by atoms with Crippen LogP contribution >= 0.6 is 11.3 Å². The number of anilines is 1. The first kappa shape index (κ1) is 11.7. The second-order valence-corrected chi connectivity index (χ2v) is 5.11. The number of carbonyl (C=O) groups excluding carboxylic acids is 1. The Bertz CT molecular complexity index is 697. The lowest BCUT2D eigenvalue weighted by Gasteiger charge is -1.97. The number of hydrogen-bond donors (Lipinski definition) is 1. The summed E-state index contributed by atoms with van der Waals surface area (Å²) in [7, 11) is 0. The Kier molecular flexibility index (Phi) is 2.92. The lowest BCUT2D eigenvalue weighted by atomic mass is 10.3. The van der Waals surface area contributed by atoms with Gasteiger partial charge >= 0.3 is 0 Å². The summed E-state index contributed by atoms with van der Waals surface area (Å²) in [4.78, 5) is 17.0. The van der Waals surface area contributed by atoms with Gasteiger partial charge in [-0.15, -0.1) is 11.3 Å². The third-order valence-corrected chi connectivity index (χ3v) is 3.26. The Morgan fingerprint density at radius 3 is 2.89 bits per heavy atom. The summed E-state index contributed by atoms with van der Waals surface area (Å²) in [6, 6.07) is 6.83. The molecule has 3 rings (SSSR count). The van der Waals surface area contributed by atoms with Gasteiger partial charge in [-0.3, -0.25) is 10.1 Å². The van der Waals surface area contributed by atoms with Crippen molar-refractivity contribution >= 4 is 22.4 Å². The van der Waals surface area contributed by atoms with Crippen LogP contribution in [0.1, 0.15) is 15.4 Å². The minimum absolute atomic E-state index is 0.222. The highest BCUT2D eigenvalue weighted by Gasteiger charge is 2.14. The number of thiazole rings is 1. The van der Waals surface area contributed by atoms with E-state index in [1.807, 2.05) is 6.92 Å². The van der Waals surface area contributed by atoms with Crippen molar-refractivity contribution in [2.75, 3.05) is 5.32 Å².